The van der Waals surface area contributed by atoms with Gasteiger partial charge in [-0.2, -0.15) is 4.80 Å². The van der Waals surface area contributed by atoms with Crippen LogP contribution >= 0.6 is 0 Å². The summed E-state index contributed by atoms with van der Waals surface area (Å²) in [4.78, 5) is 23.3. The first kappa shape index (κ1) is 16.8. The van der Waals surface area contributed by atoms with Crippen molar-refractivity contribution < 1.29 is 4.79 Å². The highest BCUT2D eigenvalue weighted by molar-refractivity contribution is 5.94. The van der Waals surface area contributed by atoms with Crippen LogP contribution in [0.1, 0.15) is 67.5 Å². The van der Waals surface area contributed by atoms with Crippen molar-refractivity contribution in [1.29, 1.82) is 0 Å². The van der Waals surface area contributed by atoms with Crippen LogP contribution in [0.2, 0.25) is 0 Å². The van der Waals surface area contributed by atoms with E-state index in [1.807, 2.05) is 18.6 Å². The van der Waals surface area contributed by atoms with E-state index in [1.54, 1.807) is 12.4 Å². The van der Waals surface area contributed by atoms with E-state index in [-0.39, 0.29) is 17.0 Å². The van der Waals surface area contributed by atoms with E-state index < -0.39 is 0 Å². The highest BCUT2D eigenvalue weighted by Gasteiger charge is 2.60. The van der Waals surface area contributed by atoms with Crippen LogP contribution in [0.4, 0.5) is 0 Å². The molecule has 6 rings (SSSR count). The molecule has 8 heteroatoms. The molecule has 4 saturated carbocycles. The van der Waals surface area contributed by atoms with Crippen molar-refractivity contribution in [1.82, 2.24) is 35.5 Å². The number of amides is 1. The molecular weight excluding hydrogens is 342 g/mol. The number of carbonyl (C=O) groups is 1. The Bertz CT molecular complexity index is 860. The average Bonchev–Trinajstić information content (AvgIpc) is 3.07. The van der Waals surface area contributed by atoms with Crippen LogP contribution in [0.5, 0.6) is 0 Å². The molecule has 0 aliphatic heterocycles. The topological polar surface area (TPSA) is 98.5 Å². The lowest BCUT2D eigenvalue weighted by molar-refractivity contribution is -0.0811. The van der Waals surface area contributed by atoms with Gasteiger partial charge in [0.05, 0.1) is 11.1 Å². The molecule has 4 aliphatic rings. The Morgan fingerprint density at radius 2 is 1.93 bits per heavy atom. The van der Waals surface area contributed by atoms with Crippen molar-refractivity contribution in [2.45, 2.75) is 69.9 Å². The Hall–Kier alpha value is -2.38. The third kappa shape index (κ3) is 2.73. The number of rotatable bonds is 4. The zero-order valence-corrected chi connectivity index (χ0v) is 15.9. The summed E-state index contributed by atoms with van der Waals surface area (Å²) < 4.78 is 0. The third-order valence-corrected chi connectivity index (χ3v) is 6.63. The molecule has 8 nitrogen and oxygen atoms in total. The Labute approximate surface area is 158 Å². The molecule has 2 heterocycles. The summed E-state index contributed by atoms with van der Waals surface area (Å²) in [7, 11) is 0. The minimum absolute atomic E-state index is 0.0718. The summed E-state index contributed by atoms with van der Waals surface area (Å²) in [6, 6.07) is 0. The molecule has 0 aromatic carbocycles. The van der Waals surface area contributed by atoms with Gasteiger partial charge in [-0.15, -0.1) is 10.2 Å². The Morgan fingerprint density at radius 1 is 1.22 bits per heavy atom. The van der Waals surface area contributed by atoms with Crippen LogP contribution in [0.25, 0.3) is 0 Å². The number of tetrazole rings is 1. The number of hydrogen-bond donors (Lipinski definition) is 1. The molecule has 142 valence electrons. The normalized spacial score (nSPS) is 34.0. The molecule has 4 fully saturated rings. The highest BCUT2D eigenvalue weighted by atomic mass is 16.1. The van der Waals surface area contributed by atoms with Gasteiger partial charge in [0.1, 0.15) is 5.82 Å². The number of nitrogens with zero attached hydrogens (tertiary/aromatic N) is 6. The molecule has 0 saturated heterocycles. The summed E-state index contributed by atoms with van der Waals surface area (Å²) in [6.07, 6.45) is 10.4. The molecule has 1 amide bonds. The average molecular weight is 367 g/mol. The first-order chi connectivity index (χ1) is 13.0. The number of carbonyl (C=O) groups excluding carboxylic acids is 1. The molecule has 0 radical (unpaired) electrons. The van der Waals surface area contributed by atoms with E-state index >= 15 is 0 Å². The van der Waals surface area contributed by atoms with Crippen LogP contribution in [0, 0.1) is 18.8 Å². The van der Waals surface area contributed by atoms with Gasteiger partial charge >= 0.3 is 0 Å². The van der Waals surface area contributed by atoms with Gasteiger partial charge in [0, 0.05) is 24.4 Å². The molecule has 0 spiro atoms. The van der Waals surface area contributed by atoms with E-state index in [0.717, 1.165) is 44.3 Å². The summed E-state index contributed by atoms with van der Waals surface area (Å²) in [5, 5.41) is 16.4. The largest absolute Gasteiger partial charge is 0.346 e. The summed E-state index contributed by atoms with van der Waals surface area (Å²) >= 11 is 0. The maximum atomic E-state index is 12.9. The first-order valence-corrected chi connectivity index (χ1v) is 9.90. The SMILES string of the molecule is CCc1ncc(C(=O)NC23C[C@H]4C[C@H](C2)CC(n2nnc(C)n2)(C4)C3)cn1. The van der Waals surface area contributed by atoms with E-state index in [9.17, 15) is 4.79 Å². The monoisotopic (exact) mass is 367 g/mol. The van der Waals surface area contributed by atoms with E-state index in [4.69, 9.17) is 0 Å². The summed E-state index contributed by atoms with van der Waals surface area (Å²) in [5.41, 5.74) is 0.236. The molecular formula is C19H25N7O. The van der Waals surface area contributed by atoms with Gasteiger partial charge in [0.25, 0.3) is 5.91 Å². The second kappa shape index (κ2) is 5.81. The fraction of sp³-hybridized carbons (Fsp3) is 0.684. The molecule has 0 unspecified atom stereocenters. The van der Waals surface area contributed by atoms with Crippen molar-refractivity contribution in [2.75, 3.05) is 0 Å². The Morgan fingerprint density at radius 3 is 2.52 bits per heavy atom. The van der Waals surface area contributed by atoms with Gasteiger partial charge in [-0.3, -0.25) is 4.79 Å². The van der Waals surface area contributed by atoms with Crippen LogP contribution in [0.15, 0.2) is 12.4 Å². The minimum Gasteiger partial charge on any atom is -0.346 e. The molecule has 27 heavy (non-hydrogen) atoms. The van der Waals surface area contributed by atoms with Gasteiger partial charge in [-0.05, 0) is 62.5 Å². The van der Waals surface area contributed by atoms with E-state index in [1.165, 1.54) is 6.42 Å². The van der Waals surface area contributed by atoms with Crippen molar-refractivity contribution >= 4 is 5.91 Å². The fourth-order valence-electron chi connectivity index (χ4n) is 6.05. The van der Waals surface area contributed by atoms with Crippen molar-refractivity contribution in [3.05, 3.63) is 29.6 Å². The smallest absolute Gasteiger partial charge is 0.254 e. The van der Waals surface area contributed by atoms with E-state index in [0.29, 0.717) is 23.2 Å². The Kier molecular flexibility index (Phi) is 3.61. The molecule has 1 N–H and O–H groups in total. The molecule has 4 aliphatic carbocycles. The molecule has 4 bridgehead atoms. The zero-order chi connectivity index (χ0) is 18.6. The maximum absolute atomic E-state index is 12.9. The van der Waals surface area contributed by atoms with Gasteiger partial charge in [0.2, 0.25) is 0 Å². The lowest BCUT2D eigenvalue weighted by Gasteiger charge is -2.61. The highest BCUT2D eigenvalue weighted by Crippen LogP contribution is 2.60. The predicted molar refractivity (Wildman–Crippen MR) is 96.8 cm³/mol. The van der Waals surface area contributed by atoms with Crippen LogP contribution in [-0.4, -0.2) is 41.6 Å². The fourth-order valence-corrected chi connectivity index (χ4v) is 6.05. The molecule has 2 aromatic rings. The van der Waals surface area contributed by atoms with Gasteiger partial charge in [-0.25, -0.2) is 9.97 Å². The van der Waals surface area contributed by atoms with Crippen LogP contribution in [0.3, 0.4) is 0 Å². The zero-order valence-electron chi connectivity index (χ0n) is 15.9. The minimum atomic E-state index is -0.188. The lowest BCUT2D eigenvalue weighted by Crippen LogP contribution is -2.66. The van der Waals surface area contributed by atoms with Crippen LogP contribution < -0.4 is 5.32 Å². The van der Waals surface area contributed by atoms with Gasteiger partial charge in [0.15, 0.2) is 5.82 Å². The predicted octanol–water partition coefficient (Wildman–Crippen LogP) is 1.81. The van der Waals surface area contributed by atoms with E-state index in [2.05, 4.69) is 30.7 Å². The second-order valence-corrected chi connectivity index (χ2v) is 8.79. The van der Waals surface area contributed by atoms with Gasteiger partial charge < -0.3 is 5.32 Å². The number of nitrogens with one attached hydrogen (secondary N) is 1. The van der Waals surface area contributed by atoms with Gasteiger partial charge in [-0.1, -0.05) is 6.92 Å². The summed E-state index contributed by atoms with van der Waals surface area (Å²) in [6.45, 7) is 3.88. The maximum Gasteiger partial charge on any atom is 0.254 e. The Balaban J connectivity index is 1.42. The number of hydrogen-bond acceptors (Lipinski definition) is 6. The second-order valence-electron chi connectivity index (χ2n) is 8.79. The first-order valence-electron chi connectivity index (χ1n) is 9.90. The van der Waals surface area contributed by atoms with Crippen molar-refractivity contribution in [3.63, 3.8) is 0 Å². The number of aryl methyl sites for hydroxylation is 2. The molecule has 2 aromatic heterocycles. The number of aromatic nitrogens is 6. The lowest BCUT2D eigenvalue weighted by atomic mass is 9.50. The quantitative estimate of drug-likeness (QED) is 0.885. The third-order valence-electron chi connectivity index (χ3n) is 6.63. The summed E-state index contributed by atoms with van der Waals surface area (Å²) in [5.74, 6) is 2.61. The van der Waals surface area contributed by atoms with Crippen molar-refractivity contribution in [3.8, 4) is 0 Å². The standard InChI is InChI=1S/C19H25N7O/c1-3-16-20-9-15(10-21-16)17(27)22-18-5-13-4-14(6-18)8-19(7-13,11-18)26-24-12(2)23-25-26/h9-10,13-14H,3-8,11H2,1-2H3,(H,22,27)/t13-,14-,18?,19?/m1/s1. The van der Waals surface area contributed by atoms with Crippen molar-refractivity contribution in [2.24, 2.45) is 11.8 Å². The molecule has 2 atom stereocenters. The van der Waals surface area contributed by atoms with Crippen LogP contribution in [-0.2, 0) is 12.0 Å².